The van der Waals surface area contributed by atoms with Gasteiger partial charge in [-0.15, -0.1) is 11.3 Å². The van der Waals surface area contributed by atoms with Crippen LogP contribution < -0.4 is 21.1 Å². The molecule has 1 heterocycles. The largest absolute Gasteiger partial charge is 0.355 e. The molecule has 0 aliphatic heterocycles. The lowest BCUT2D eigenvalue weighted by atomic mass is 10.1. The van der Waals surface area contributed by atoms with Gasteiger partial charge < -0.3 is 16.0 Å². The highest BCUT2D eigenvalue weighted by Crippen LogP contribution is 2.23. The summed E-state index contributed by atoms with van der Waals surface area (Å²) in [6.07, 6.45) is 0.661. The fourth-order valence-corrected chi connectivity index (χ4v) is 5.18. The highest BCUT2D eigenvalue weighted by molar-refractivity contribution is 8.01. The lowest BCUT2D eigenvalue weighted by molar-refractivity contribution is -0.120. The van der Waals surface area contributed by atoms with Crippen LogP contribution in [0.1, 0.15) is 18.2 Å². The summed E-state index contributed by atoms with van der Waals surface area (Å²) < 4.78 is 23.3. The SMILES string of the molecule is CC(=O)Nc1ccc(NC(=O)CSc2nc(CC(=O)NCCc3ccc(S(N)(=O)=O)cc3)cs2)cc1. The fraction of sp³-hybridized carbons (Fsp3) is 0.217. The number of carbonyl (C=O) groups is 3. The fourth-order valence-electron chi connectivity index (χ4n) is 3.02. The van der Waals surface area contributed by atoms with E-state index in [0.717, 1.165) is 5.56 Å². The summed E-state index contributed by atoms with van der Waals surface area (Å²) in [5.41, 5.74) is 2.75. The molecule has 0 aliphatic rings. The van der Waals surface area contributed by atoms with Crippen molar-refractivity contribution in [1.29, 1.82) is 0 Å². The van der Waals surface area contributed by atoms with E-state index in [2.05, 4.69) is 20.9 Å². The van der Waals surface area contributed by atoms with Crippen LogP contribution in [-0.2, 0) is 37.2 Å². The maximum atomic E-state index is 12.2. The Labute approximate surface area is 217 Å². The minimum absolute atomic E-state index is 0.0438. The number of hydrogen-bond acceptors (Lipinski definition) is 8. The zero-order valence-corrected chi connectivity index (χ0v) is 21.8. The number of hydrogen-bond donors (Lipinski definition) is 4. The lowest BCUT2D eigenvalue weighted by Gasteiger charge is -2.06. The van der Waals surface area contributed by atoms with Gasteiger partial charge in [-0.05, 0) is 48.4 Å². The van der Waals surface area contributed by atoms with Crippen molar-refractivity contribution in [1.82, 2.24) is 10.3 Å². The molecule has 0 radical (unpaired) electrons. The van der Waals surface area contributed by atoms with Gasteiger partial charge in [0.05, 0.1) is 22.8 Å². The van der Waals surface area contributed by atoms with E-state index in [4.69, 9.17) is 5.14 Å². The molecule has 0 bridgehead atoms. The lowest BCUT2D eigenvalue weighted by Crippen LogP contribution is -2.27. The number of rotatable bonds is 11. The van der Waals surface area contributed by atoms with Crippen molar-refractivity contribution in [2.24, 2.45) is 5.14 Å². The van der Waals surface area contributed by atoms with Crippen molar-refractivity contribution in [2.45, 2.75) is 29.0 Å². The van der Waals surface area contributed by atoms with E-state index in [1.54, 1.807) is 41.8 Å². The average Bonchev–Trinajstić information content (AvgIpc) is 3.25. The smallest absolute Gasteiger partial charge is 0.238 e. The zero-order chi connectivity index (χ0) is 26.1. The van der Waals surface area contributed by atoms with Gasteiger partial charge in [-0.1, -0.05) is 23.9 Å². The maximum Gasteiger partial charge on any atom is 0.238 e. The topological polar surface area (TPSA) is 160 Å². The van der Waals surface area contributed by atoms with Gasteiger partial charge in [-0.2, -0.15) is 0 Å². The Hall–Kier alpha value is -3.26. The van der Waals surface area contributed by atoms with Crippen molar-refractivity contribution in [2.75, 3.05) is 22.9 Å². The molecule has 3 rings (SSSR count). The molecule has 0 saturated carbocycles. The Balaban J connectivity index is 1.37. The number of nitrogens with two attached hydrogens (primary N) is 1. The summed E-state index contributed by atoms with van der Waals surface area (Å²) in [7, 11) is -3.73. The summed E-state index contributed by atoms with van der Waals surface area (Å²) in [5, 5.41) is 15.1. The van der Waals surface area contributed by atoms with Crippen molar-refractivity contribution in [3.8, 4) is 0 Å². The Morgan fingerprint density at radius 1 is 0.972 bits per heavy atom. The number of carbonyl (C=O) groups excluding carboxylic acids is 3. The number of sulfonamides is 1. The van der Waals surface area contributed by atoms with Gasteiger partial charge in [-0.3, -0.25) is 14.4 Å². The number of aromatic nitrogens is 1. The Morgan fingerprint density at radius 3 is 2.22 bits per heavy atom. The van der Waals surface area contributed by atoms with Crippen LogP contribution in [0.5, 0.6) is 0 Å². The van der Waals surface area contributed by atoms with Crippen LogP contribution in [0.25, 0.3) is 0 Å². The van der Waals surface area contributed by atoms with Crippen LogP contribution in [-0.4, -0.2) is 43.4 Å². The quantitative estimate of drug-likeness (QED) is 0.268. The van der Waals surface area contributed by atoms with Crippen molar-refractivity contribution in [3.63, 3.8) is 0 Å². The van der Waals surface area contributed by atoms with Gasteiger partial charge in [0.15, 0.2) is 4.34 Å². The standard InChI is InChI=1S/C23H25N5O5S3/c1-15(29)26-17-4-6-18(7-5-17)27-22(31)14-35-23-28-19(13-34-23)12-21(30)25-11-10-16-2-8-20(9-3-16)36(24,32)33/h2-9,13H,10-12,14H2,1H3,(H,25,30)(H,26,29)(H,27,31)(H2,24,32,33). The van der Waals surface area contributed by atoms with E-state index in [0.29, 0.717) is 34.4 Å². The predicted octanol–water partition coefficient (Wildman–Crippen LogP) is 2.38. The van der Waals surface area contributed by atoms with Crippen LogP contribution >= 0.6 is 23.1 Å². The first-order valence-electron chi connectivity index (χ1n) is 10.7. The molecule has 13 heteroatoms. The van der Waals surface area contributed by atoms with Crippen LogP contribution in [0, 0.1) is 0 Å². The van der Waals surface area contributed by atoms with Gasteiger partial charge in [0.2, 0.25) is 27.7 Å². The van der Waals surface area contributed by atoms with Crippen LogP contribution in [0.15, 0.2) is 63.1 Å². The first-order chi connectivity index (χ1) is 17.1. The van der Waals surface area contributed by atoms with E-state index >= 15 is 0 Å². The monoisotopic (exact) mass is 547 g/mol. The molecule has 5 N–H and O–H groups in total. The number of primary sulfonamides is 1. The molecule has 36 heavy (non-hydrogen) atoms. The van der Waals surface area contributed by atoms with Crippen LogP contribution in [0.3, 0.4) is 0 Å². The molecule has 0 spiro atoms. The minimum atomic E-state index is -3.73. The number of thioether (sulfide) groups is 1. The number of anilines is 2. The third-order valence-electron chi connectivity index (χ3n) is 4.68. The predicted molar refractivity (Wildman–Crippen MR) is 140 cm³/mol. The highest BCUT2D eigenvalue weighted by atomic mass is 32.2. The normalized spacial score (nSPS) is 11.1. The second-order valence-corrected chi connectivity index (χ2v) is 11.3. The molecule has 0 atom stereocenters. The van der Waals surface area contributed by atoms with Gasteiger partial charge >= 0.3 is 0 Å². The van der Waals surface area contributed by atoms with Crippen LogP contribution in [0.4, 0.5) is 11.4 Å². The summed E-state index contributed by atoms with van der Waals surface area (Å²) in [6.45, 7) is 1.82. The van der Waals surface area contributed by atoms with E-state index in [1.807, 2.05) is 0 Å². The molecule has 3 aromatic rings. The first kappa shape index (κ1) is 27.3. The molecule has 190 valence electrons. The van der Waals surface area contributed by atoms with Crippen LogP contribution in [0.2, 0.25) is 0 Å². The van der Waals surface area contributed by atoms with Gasteiger partial charge in [0.1, 0.15) is 0 Å². The number of nitrogens with zero attached hydrogens (tertiary/aromatic N) is 1. The average molecular weight is 548 g/mol. The molecule has 10 nitrogen and oxygen atoms in total. The van der Waals surface area contributed by atoms with E-state index in [-0.39, 0.29) is 34.8 Å². The molecular weight excluding hydrogens is 522 g/mol. The Bertz CT molecular complexity index is 1320. The maximum absolute atomic E-state index is 12.2. The minimum Gasteiger partial charge on any atom is -0.355 e. The Morgan fingerprint density at radius 2 is 1.61 bits per heavy atom. The summed E-state index contributed by atoms with van der Waals surface area (Å²) in [4.78, 5) is 39.9. The molecule has 0 saturated heterocycles. The van der Waals surface area contributed by atoms with E-state index < -0.39 is 10.0 Å². The zero-order valence-electron chi connectivity index (χ0n) is 19.3. The number of thiazole rings is 1. The molecule has 1 aromatic heterocycles. The second-order valence-electron chi connectivity index (χ2n) is 7.67. The molecule has 0 aliphatic carbocycles. The summed E-state index contributed by atoms with van der Waals surface area (Å²) >= 11 is 2.64. The van der Waals surface area contributed by atoms with Crippen molar-refractivity contribution < 1.29 is 22.8 Å². The van der Waals surface area contributed by atoms with Gasteiger partial charge in [0.25, 0.3) is 0 Å². The third-order valence-corrected chi connectivity index (χ3v) is 7.67. The van der Waals surface area contributed by atoms with Gasteiger partial charge in [-0.25, -0.2) is 18.5 Å². The molecule has 0 fully saturated rings. The van der Waals surface area contributed by atoms with E-state index in [1.165, 1.54) is 42.2 Å². The summed E-state index contributed by atoms with van der Waals surface area (Å²) in [5.74, 6) is -0.382. The third kappa shape index (κ3) is 9.07. The molecule has 2 aromatic carbocycles. The number of benzene rings is 2. The summed E-state index contributed by atoms with van der Waals surface area (Å²) in [6, 6.07) is 13.0. The molecule has 0 unspecified atom stereocenters. The molecule has 3 amide bonds. The highest BCUT2D eigenvalue weighted by Gasteiger charge is 2.11. The second kappa shape index (κ2) is 12.6. The van der Waals surface area contributed by atoms with E-state index in [9.17, 15) is 22.8 Å². The Kier molecular flexibility index (Phi) is 9.58. The number of nitrogens with one attached hydrogen (secondary N) is 3. The number of amides is 3. The first-order valence-corrected chi connectivity index (χ1v) is 14.1. The van der Waals surface area contributed by atoms with Gasteiger partial charge in [0, 0.05) is 30.2 Å². The molecular formula is C23H25N5O5S3. The van der Waals surface area contributed by atoms with Crippen molar-refractivity contribution >= 4 is 62.2 Å². The van der Waals surface area contributed by atoms with Crippen molar-refractivity contribution in [3.05, 3.63) is 65.2 Å².